The van der Waals surface area contributed by atoms with Crippen LogP contribution in [0, 0.1) is 6.92 Å². The molecule has 2 fully saturated rings. The predicted molar refractivity (Wildman–Crippen MR) is 105 cm³/mol. The van der Waals surface area contributed by atoms with E-state index in [9.17, 15) is 9.59 Å². The van der Waals surface area contributed by atoms with Gasteiger partial charge in [-0.15, -0.1) is 0 Å². The Morgan fingerprint density at radius 1 is 1.19 bits per heavy atom. The topological polar surface area (TPSA) is 65.6 Å². The van der Waals surface area contributed by atoms with Crippen LogP contribution in [0.2, 0.25) is 0 Å². The maximum atomic E-state index is 12.6. The van der Waals surface area contributed by atoms with Crippen LogP contribution in [-0.4, -0.2) is 59.6 Å². The molecule has 2 aromatic rings. The third-order valence-corrected chi connectivity index (χ3v) is 5.54. The summed E-state index contributed by atoms with van der Waals surface area (Å²) >= 11 is 0. The number of H-pyrrole nitrogens is 1. The predicted octanol–water partition coefficient (Wildman–Crippen LogP) is 2.05. The van der Waals surface area contributed by atoms with Crippen LogP contribution in [0.3, 0.4) is 0 Å². The number of nitrogens with one attached hydrogen (secondary N) is 1. The van der Waals surface area contributed by atoms with Gasteiger partial charge in [-0.3, -0.25) is 14.5 Å². The lowest BCUT2D eigenvalue weighted by Crippen LogP contribution is -2.41. The highest BCUT2D eigenvalue weighted by Crippen LogP contribution is 2.17. The molecular weight excluding hydrogens is 342 g/mol. The standard InChI is InChI=1S/C21H27N3O3/c1-15-5-6-18-17(12-15)19(25)13-16(22-18)14-23-7-3-8-24(10-9-23)21(26)20-4-2-11-27-20/h5-6,12-13,20H,2-4,7-11,14H2,1H3,(H,22,25)/t20-/m1/s1. The second-order valence-electron chi connectivity index (χ2n) is 7.66. The van der Waals surface area contributed by atoms with Crippen LogP contribution in [0.1, 0.15) is 30.5 Å². The van der Waals surface area contributed by atoms with Crippen molar-refractivity contribution in [1.82, 2.24) is 14.8 Å². The van der Waals surface area contributed by atoms with Crippen LogP contribution in [-0.2, 0) is 16.1 Å². The number of fused-ring (bicyclic) bond motifs is 1. The summed E-state index contributed by atoms with van der Waals surface area (Å²) in [5, 5.41) is 0.739. The molecule has 2 aliphatic rings. The van der Waals surface area contributed by atoms with Crippen molar-refractivity contribution in [2.24, 2.45) is 0 Å². The third-order valence-electron chi connectivity index (χ3n) is 5.54. The van der Waals surface area contributed by atoms with Crippen LogP contribution >= 0.6 is 0 Å². The summed E-state index contributed by atoms with van der Waals surface area (Å²) in [6.07, 6.45) is 2.52. The zero-order valence-electron chi connectivity index (χ0n) is 15.9. The molecular formula is C21H27N3O3. The molecule has 6 nitrogen and oxygen atoms in total. The van der Waals surface area contributed by atoms with Crippen molar-refractivity contribution in [3.05, 3.63) is 45.7 Å². The fourth-order valence-electron chi connectivity index (χ4n) is 4.07. The zero-order chi connectivity index (χ0) is 18.8. The van der Waals surface area contributed by atoms with Gasteiger partial charge >= 0.3 is 0 Å². The van der Waals surface area contributed by atoms with E-state index in [4.69, 9.17) is 4.74 Å². The molecule has 4 rings (SSSR count). The molecule has 0 radical (unpaired) electrons. The largest absolute Gasteiger partial charge is 0.368 e. The Balaban J connectivity index is 1.43. The van der Waals surface area contributed by atoms with Gasteiger partial charge in [0.15, 0.2) is 5.43 Å². The molecule has 0 aliphatic carbocycles. The van der Waals surface area contributed by atoms with E-state index in [0.29, 0.717) is 13.2 Å². The Kier molecular flexibility index (Phi) is 5.27. The molecule has 6 heteroatoms. The normalized spacial score (nSPS) is 21.5. The Hall–Kier alpha value is -2.18. The van der Waals surface area contributed by atoms with Gasteiger partial charge in [-0.25, -0.2) is 0 Å². The number of pyridine rings is 1. The van der Waals surface area contributed by atoms with E-state index >= 15 is 0 Å². The fourth-order valence-corrected chi connectivity index (χ4v) is 4.07. The summed E-state index contributed by atoms with van der Waals surface area (Å²) in [6.45, 7) is 6.62. The molecule has 2 saturated heterocycles. The van der Waals surface area contributed by atoms with Gasteiger partial charge in [0.05, 0.1) is 0 Å². The molecule has 3 heterocycles. The van der Waals surface area contributed by atoms with E-state index in [0.717, 1.165) is 67.6 Å². The maximum absolute atomic E-state index is 12.6. The minimum absolute atomic E-state index is 0.0625. The van der Waals surface area contributed by atoms with Gasteiger partial charge in [0, 0.05) is 62.0 Å². The molecule has 1 amide bonds. The second kappa shape index (κ2) is 7.82. The Morgan fingerprint density at radius 2 is 2.07 bits per heavy atom. The van der Waals surface area contributed by atoms with Gasteiger partial charge in [-0.2, -0.15) is 0 Å². The van der Waals surface area contributed by atoms with Crippen LogP contribution in [0.15, 0.2) is 29.1 Å². The van der Waals surface area contributed by atoms with Gasteiger partial charge in [-0.1, -0.05) is 11.6 Å². The van der Waals surface area contributed by atoms with Crippen molar-refractivity contribution < 1.29 is 9.53 Å². The number of amides is 1. The summed E-state index contributed by atoms with van der Waals surface area (Å²) in [6, 6.07) is 7.63. The van der Waals surface area contributed by atoms with Gasteiger partial charge in [0.1, 0.15) is 6.10 Å². The minimum Gasteiger partial charge on any atom is -0.368 e. The molecule has 1 atom stereocenters. The first-order valence-corrected chi connectivity index (χ1v) is 9.85. The molecule has 144 valence electrons. The summed E-state index contributed by atoms with van der Waals surface area (Å²) in [5.41, 5.74) is 2.96. The smallest absolute Gasteiger partial charge is 0.251 e. The van der Waals surface area contributed by atoms with Crippen LogP contribution in [0.4, 0.5) is 0 Å². The van der Waals surface area contributed by atoms with Gasteiger partial charge < -0.3 is 14.6 Å². The van der Waals surface area contributed by atoms with Crippen molar-refractivity contribution in [3.8, 4) is 0 Å². The lowest BCUT2D eigenvalue weighted by Gasteiger charge is -2.24. The zero-order valence-corrected chi connectivity index (χ0v) is 15.9. The van der Waals surface area contributed by atoms with Crippen LogP contribution in [0.5, 0.6) is 0 Å². The van der Waals surface area contributed by atoms with Gasteiger partial charge in [0.25, 0.3) is 5.91 Å². The summed E-state index contributed by atoms with van der Waals surface area (Å²) in [4.78, 5) is 32.7. The van der Waals surface area contributed by atoms with E-state index in [-0.39, 0.29) is 17.4 Å². The maximum Gasteiger partial charge on any atom is 0.251 e. The van der Waals surface area contributed by atoms with Crippen molar-refractivity contribution in [2.45, 2.75) is 38.8 Å². The number of aryl methyl sites for hydroxylation is 1. The van der Waals surface area contributed by atoms with Crippen molar-refractivity contribution in [2.75, 3.05) is 32.8 Å². The number of benzene rings is 1. The fraction of sp³-hybridized carbons (Fsp3) is 0.524. The lowest BCUT2D eigenvalue weighted by atomic mass is 10.1. The average Bonchev–Trinajstić information content (AvgIpc) is 3.09. The highest BCUT2D eigenvalue weighted by atomic mass is 16.5. The lowest BCUT2D eigenvalue weighted by molar-refractivity contribution is -0.140. The van der Waals surface area contributed by atoms with Crippen LogP contribution < -0.4 is 5.43 Å². The first kappa shape index (κ1) is 18.2. The summed E-state index contributed by atoms with van der Waals surface area (Å²) in [5.74, 6) is 0.142. The molecule has 0 spiro atoms. The Morgan fingerprint density at radius 3 is 2.89 bits per heavy atom. The van der Waals surface area contributed by atoms with E-state index in [1.807, 2.05) is 30.0 Å². The molecule has 1 aromatic carbocycles. The van der Waals surface area contributed by atoms with Gasteiger partial charge in [0.2, 0.25) is 0 Å². The van der Waals surface area contributed by atoms with Crippen molar-refractivity contribution >= 4 is 16.8 Å². The highest BCUT2D eigenvalue weighted by Gasteiger charge is 2.29. The molecule has 0 saturated carbocycles. The second-order valence-corrected chi connectivity index (χ2v) is 7.66. The monoisotopic (exact) mass is 369 g/mol. The number of ether oxygens (including phenoxy) is 1. The molecule has 2 aliphatic heterocycles. The van der Waals surface area contributed by atoms with E-state index < -0.39 is 0 Å². The number of hydrogen-bond donors (Lipinski definition) is 1. The number of aromatic amines is 1. The highest BCUT2D eigenvalue weighted by molar-refractivity contribution is 5.81. The number of aromatic nitrogens is 1. The van der Waals surface area contributed by atoms with Crippen molar-refractivity contribution in [1.29, 1.82) is 0 Å². The minimum atomic E-state index is -0.239. The number of rotatable bonds is 3. The number of hydrogen-bond acceptors (Lipinski definition) is 4. The third kappa shape index (κ3) is 4.06. The molecule has 0 bridgehead atoms. The number of carbonyl (C=O) groups excluding carboxylic acids is 1. The van der Waals surface area contributed by atoms with E-state index in [1.54, 1.807) is 6.07 Å². The first-order valence-electron chi connectivity index (χ1n) is 9.85. The van der Waals surface area contributed by atoms with E-state index in [2.05, 4.69) is 9.88 Å². The average molecular weight is 369 g/mol. The van der Waals surface area contributed by atoms with Crippen LogP contribution in [0.25, 0.3) is 10.9 Å². The number of carbonyl (C=O) groups is 1. The first-order chi connectivity index (χ1) is 13.1. The molecule has 1 aromatic heterocycles. The summed E-state index contributed by atoms with van der Waals surface area (Å²) < 4.78 is 5.55. The SMILES string of the molecule is Cc1ccc2[nH]c(CN3CCCN(C(=O)[C@H]4CCCO4)CC3)cc(=O)c2c1. The molecule has 0 unspecified atom stereocenters. The quantitative estimate of drug-likeness (QED) is 0.899. The summed E-state index contributed by atoms with van der Waals surface area (Å²) in [7, 11) is 0. The van der Waals surface area contributed by atoms with Gasteiger partial charge in [-0.05, 0) is 38.3 Å². The molecule has 1 N–H and O–H groups in total. The number of nitrogens with zero attached hydrogens (tertiary/aromatic N) is 2. The van der Waals surface area contributed by atoms with Crippen molar-refractivity contribution in [3.63, 3.8) is 0 Å². The molecule has 27 heavy (non-hydrogen) atoms. The Labute approximate surface area is 159 Å². The Bertz CT molecular complexity index is 886. The van der Waals surface area contributed by atoms with E-state index in [1.165, 1.54) is 0 Å².